The van der Waals surface area contributed by atoms with Gasteiger partial charge < -0.3 is 9.64 Å². The molecule has 1 aliphatic rings. The van der Waals surface area contributed by atoms with Gasteiger partial charge in [-0.15, -0.1) is 0 Å². The summed E-state index contributed by atoms with van der Waals surface area (Å²) in [4.78, 5) is 22.6. The molecule has 0 aliphatic carbocycles. The summed E-state index contributed by atoms with van der Waals surface area (Å²) in [5.74, 6) is -0.515. The molecule has 0 saturated carbocycles. The number of hydrogen-bond acceptors (Lipinski definition) is 4. The van der Waals surface area contributed by atoms with E-state index in [0.717, 1.165) is 5.56 Å². The minimum Gasteiger partial charge on any atom is -0.378 e. The summed E-state index contributed by atoms with van der Waals surface area (Å²) in [6, 6.07) is 4.49. The molecule has 3 rings (SSSR count). The molecule has 0 spiro atoms. The third-order valence-corrected chi connectivity index (χ3v) is 3.63. The molecule has 1 saturated heterocycles. The highest BCUT2D eigenvalue weighted by Crippen LogP contribution is 2.22. The van der Waals surface area contributed by atoms with Crippen molar-refractivity contribution in [3.8, 4) is 11.3 Å². The standard InChI is InChI=1S/C16H16FN3O2/c1-11-2-3-12(17)8-13(11)14-9-18-10-15(19-14)16(21)20-4-6-22-7-5-20/h2-3,8-10H,4-7H2,1H3. The number of amides is 1. The van der Waals surface area contributed by atoms with Crippen LogP contribution in [-0.4, -0.2) is 47.1 Å². The molecular formula is C16H16FN3O2. The molecule has 0 bridgehead atoms. The minimum absolute atomic E-state index is 0.174. The lowest BCUT2D eigenvalue weighted by atomic mass is 10.1. The monoisotopic (exact) mass is 301 g/mol. The van der Waals surface area contributed by atoms with Crippen LogP contribution in [0.25, 0.3) is 11.3 Å². The van der Waals surface area contributed by atoms with Gasteiger partial charge in [0.15, 0.2) is 0 Å². The Balaban J connectivity index is 1.92. The number of aromatic nitrogens is 2. The summed E-state index contributed by atoms with van der Waals surface area (Å²) in [5.41, 5.74) is 2.29. The molecule has 114 valence electrons. The van der Waals surface area contributed by atoms with Crippen molar-refractivity contribution in [2.45, 2.75) is 6.92 Å². The lowest BCUT2D eigenvalue weighted by Gasteiger charge is -2.26. The summed E-state index contributed by atoms with van der Waals surface area (Å²) in [6.45, 7) is 4.02. The fraction of sp³-hybridized carbons (Fsp3) is 0.312. The van der Waals surface area contributed by atoms with Gasteiger partial charge in [-0.3, -0.25) is 9.78 Å². The zero-order valence-electron chi connectivity index (χ0n) is 12.3. The molecule has 6 heteroatoms. The second-order valence-electron chi connectivity index (χ2n) is 5.15. The molecule has 1 aromatic carbocycles. The molecule has 1 fully saturated rings. The average molecular weight is 301 g/mol. The minimum atomic E-state index is -0.340. The number of ether oxygens (including phenoxy) is 1. The fourth-order valence-corrected chi connectivity index (χ4v) is 2.40. The van der Waals surface area contributed by atoms with Crippen LogP contribution in [-0.2, 0) is 4.74 Å². The number of benzene rings is 1. The molecule has 2 aromatic rings. The second kappa shape index (κ2) is 6.19. The van der Waals surface area contributed by atoms with Gasteiger partial charge in [0.1, 0.15) is 11.5 Å². The highest BCUT2D eigenvalue weighted by atomic mass is 19.1. The zero-order chi connectivity index (χ0) is 15.5. The van der Waals surface area contributed by atoms with Crippen LogP contribution in [0.15, 0.2) is 30.6 Å². The van der Waals surface area contributed by atoms with Crippen molar-refractivity contribution >= 4 is 5.91 Å². The van der Waals surface area contributed by atoms with Gasteiger partial charge in [-0.2, -0.15) is 0 Å². The Labute approximate surface area is 127 Å². The van der Waals surface area contributed by atoms with Crippen molar-refractivity contribution in [2.75, 3.05) is 26.3 Å². The number of nitrogens with zero attached hydrogens (tertiary/aromatic N) is 3. The summed E-state index contributed by atoms with van der Waals surface area (Å²) < 4.78 is 18.7. The number of hydrogen-bond donors (Lipinski definition) is 0. The Hall–Kier alpha value is -2.34. The largest absolute Gasteiger partial charge is 0.378 e. The van der Waals surface area contributed by atoms with Crippen molar-refractivity contribution in [3.05, 3.63) is 47.7 Å². The van der Waals surface area contributed by atoms with Crippen LogP contribution in [0.3, 0.4) is 0 Å². The molecule has 2 heterocycles. The first-order chi connectivity index (χ1) is 10.6. The molecule has 1 aromatic heterocycles. The van der Waals surface area contributed by atoms with E-state index in [-0.39, 0.29) is 17.4 Å². The molecule has 0 atom stereocenters. The van der Waals surface area contributed by atoms with Crippen LogP contribution in [0.4, 0.5) is 4.39 Å². The maximum atomic E-state index is 13.4. The maximum Gasteiger partial charge on any atom is 0.274 e. The molecule has 1 aliphatic heterocycles. The summed E-state index contributed by atoms with van der Waals surface area (Å²) in [7, 11) is 0. The molecule has 0 N–H and O–H groups in total. The summed E-state index contributed by atoms with van der Waals surface area (Å²) in [5, 5.41) is 0. The maximum absolute atomic E-state index is 13.4. The van der Waals surface area contributed by atoms with E-state index in [2.05, 4.69) is 9.97 Å². The van der Waals surface area contributed by atoms with Gasteiger partial charge in [0.25, 0.3) is 5.91 Å². The fourth-order valence-electron chi connectivity index (χ4n) is 2.40. The van der Waals surface area contributed by atoms with E-state index in [1.54, 1.807) is 11.0 Å². The third kappa shape index (κ3) is 2.96. The first-order valence-corrected chi connectivity index (χ1v) is 7.11. The van der Waals surface area contributed by atoms with Crippen LogP contribution in [0.5, 0.6) is 0 Å². The Morgan fingerprint density at radius 1 is 1.27 bits per heavy atom. The van der Waals surface area contributed by atoms with Crippen LogP contribution >= 0.6 is 0 Å². The zero-order valence-corrected chi connectivity index (χ0v) is 12.3. The Morgan fingerprint density at radius 2 is 2.05 bits per heavy atom. The van der Waals surface area contributed by atoms with Gasteiger partial charge in [-0.05, 0) is 24.6 Å². The van der Waals surface area contributed by atoms with E-state index in [4.69, 9.17) is 4.74 Å². The van der Waals surface area contributed by atoms with Crippen molar-refractivity contribution < 1.29 is 13.9 Å². The van der Waals surface area contributed by atoms with E-state index in [1.165, 1.54) is 24.5 Å². The second-order valence-corrected chi connectivity index (χ2v) is 5.15. The molecule has 5 nitrogen and oxygen atoms in total. The van der Waals surface area contributed by atoms with E-state index in [0.29, 0.717) is 37.6 Å². The first-order valence-electron chi connectivity index (χ1n) is 7.11. The molecule has 1 amide bonds. The normalized spacial score (nSPS) is 14.9. The van der Waals surface area contributed by atoms with Gasteiger partial charge in [0.2, 0.25) is 0 Å². The van der Waals surface area contributed by atoms with Crippen LogP contribution in [0.1, 0.15) is 16.1 Å². The summed E-state index contributed by atoms with van der Waals surface area (Å²) >= 11 is 0. The smallest absolute Gasteiger partial charge is 0.274 e. The molecule has 0 radical (unpaired) electrons. The average Bonchev–Trinajstić information content (AvgIpc) is 2.57. The molecule has 0 unspecified atom stereocenters. The Morgan fingerprint density at radius 3 is 2.82 bits per heavy atom. The highest BCUT2D eigenvalue weighted by molar-refractivity contribution is 5.92. The molecular weight excluding hydrogens is 285 g/mol. The first kappa shape index (κ1) is 14.6. The number of rotatable bonds is 2. The van der Waals surface area contributed by atoms with Crippen molar-refractivity contribution in [2.24, 2.45) is 0 Å². The number of carbonyl (C=O) groups excluding carboxylic acids is 1. The van der Waals surface area contributed by atoms with Crippen molar-refractivity contribution in [1.82, 2.24) is 14.9 Å². The van der Waals surface area contributed by atoms with Gasteiger partial charge in [0.05, 0.1) is 31.3 Å². The SMILES string of the molecule is Cc1ccc(F)cc1-c1cncc(C(=O)N2CCOCC2)n1. The summed E-state index contributed by atoms with van der Waals surface area (Å²) in [6.07, 6.45) is 2.98. The van der Waals surface area contributed by atoms with E-state index >= 15 is 0 Å². The van der Waals surface area contributed by atoms with Crippen molar-refractivity contribution in [3.63, 3.8) is 0 Å². The van der Waals surface area contributed by atoms with Gasteiger partial charge in [0, 0.05) is 18.7 Å². The van der Waals surface area contributed by atoms with Crippen LogP contribution in [0, 0.1) is 12.7 Å². The number of halogens is 1. The van der Waals surface area contributed by atoms with Crippen molar-refractivity contribution in [1.29, 1.82) is 0 Å². The Bertz CT molecular complexity index is 700. The van der Waals surface area contributed by atoms with E-state index in [9.17, 15) is 9.18 Å². The lowest BCUT2D eigenvalue weighted by molar-refractivity contribution is 0.0299. The predicted molar refractivity (Wildman–Crippen MR) is 78.9 cm³/mol. The number of aryl methyl sites for hydroxylation is 1. The van der Waals surface area contributed by atoms with Gasteiger partial charge >= 0.3 is 0 Å². The number of carbonyl (C=O) groups is 1. The highest BCUT2D eigenvalue weighted by Gasteiger charge is 2.20. The third-order valence-electron chi connectivity index (χ3n) is 3.63. The van der Waals surface area contributed by atoms with Gasteiger partial charge in [-0.25, -0.2) is 9.37 Å². The van der Waals surface area contributed by atoms with E-state index < -0.39 is 0 Å². The van der Waals surface area contributed by atoms with Gasteiger partial charge in [-0.1, -0.05) is 6.07 Å². The molecule has 22 heavy (non-hydrogen) atoms. The van der Waals surface area contributed by atoms with E-state index in [1.807, 2.05) is 6.92 Å². The topological polar surface area (TPSA) is 55.3 Å². The number of morpholine rings is 1. The van der Waals surface area contributed by atoms with Crippen LogP contribution in [0.2, 0.25) is 0 Å². The predicted octanol–water partition coefficient (Wildman–Crippen LogP) is 2.06. The quantitative estimate of drug-likeness (QED) is 0.852. The Kier molecular flexibility index (Phi) is 4.11. The van der Waals surface area contributed by atoms with Crippen LogP contribution < -0.4 is 0 Å². The lowest BCUT2D eigenvalue weighted by Crippen LogP contribution is -2.41.